The maximum absolute atomic E-state index is 12.2. The molecule has 0 aliphatic heterocycles. The first-order chi connectivity index (χ1) is 16.0. The molecule has 0 aromatic heterocycles. The van der Waals surface area contributed by atoms with E-state index in [4.69, 9.17) is 25.8 Å². The van der Waals surface area contributed by atoms with Crippen LogP contribution in [-0.2, 0) is 15.9 Å². The summed E-state index contributed by atoms with van der Waals surface area (Å²) >= 11 is 7.98. The molecule has 34 heavy (non-hydrogen) atoms. The second-order valence-corrected chi connectivity index (χ2v) is 10.5. The smallest absolute Gasteiger partial charge is 0.408 e. The molecule has 0 radical (unpaired) electrons. The first-order valence-corrected chi connectivity index (χ1v) is 11.9. The molecule has 2 N–H and O–H groups in total. The van der Waals surface area contributed by atoms with Crippen molar-refractivity contribution in [3.8, 4) is 11.8 Å². The number of hydrogen-bond acceptors (Lipinski definition) is 7. The summed E-state index contributed by atoms with van der Waals surface area (Å²) in [6, 6.07) is 13.0. The van der Waals surface area contributed by atoms with E-state index in [1.165, 1.54) is 11.8 Å². The number of nitrogens with one attached hydrogen (secondary N) is 1. The quantitative estimate of drug-likeness (QED) is 0.407. The molecule has 184 valence electrons. The van der Waals surface area contributed by atoms with Crippen molar-refractivity contribution in [2.24, 2.45) is 0 Å². The molecule has 1 unspecified atom stereocenters. The minimum Gasteiger partial charge on any atom is -0.466 e. The lowest BCUT2D eigenvalue weighted by Crippen LogP contribution is -2.50. The van der Waals surface area contributed by atoms with Crippen molar-refractivity contribution in [2.45, 2.75) is 61.5 Å². The normalized spacial score (nSPS) is 13.0. The fourth-order valence-electron chi connectivity index (χ4n) is 2.96. The van der Waals surface area contributed by atoms with Gasteiger partial charge in [0.1, 0.15) is 11.4 Å². The van der Waals surface area contributed by atoms with E-state index in [1.54, 1.807) is 53.0 Å². The zero-order valence-corrected chi connectivity index (χ0v) is 21.7. The number of aliphatic hydroxyl groups excluding tert-OH is 1. The Hall–Kier alpha value is -2.44. The topological polar surface area (TPSA) is 101 Å². The number of carbonyl (C=O) groups excluding carboxylic acids is 1. The Morgan fingerprint density at radius 2 is 1.94 bits per heavy atom. The second kappa shape index (κ2) is 12.3. The number of aryl methyl sites for hydroxylation is 1. The summed E-state index contributed by atoms with van der Waals surface area (Å²) in [6.45, 7) is 6.97. The molecule has 0 aliphatic rings. The van der Waals surface area contributed by atoms with E-state index in [1.807, 2.05) is 18.2 Å². The Balaban J connectivity index is 2.11. The highest BCUT2D eigenvalue weighted by molar-refractivity contribution is 7.99. The van der Waals surface area contributed by atoms with Crippen molar-refractivity contribution in [3.63, 3.8) is 0 Å². The number of amides is 1. The minimum atomic E-state index is -0.857. The predicted molar refractivity (Wildman–Crippen MR) is 132 cm³/mol. The van der Waals surface area contributed by atoms with Crippen molar-refractivity contribution >= 4 is 29.5 Å². The highest BCUT2D eigenvalue weighted by Crippen LogP contribution is 2.37. The van der Waals surface area contributed by atoms with Gasteiger partial charge in [-0.25, -0.2) is 4.79 Å². The molecule has 0 saturated carbocycles. The Labute approximate surface area is 210 Å². The maximum Gasteiger partial charge on any atom is 0.408 e. The number of carbonyl (C=O) groups is 1. The Morgan fingerprint density at radius 3 is 2.53 bits per heavy atom. The lowest BCUT2D eigenvalue weighted by Gasteiger charge is -2.30. The largest absolute Gasteiger partial charge is 0.466 e. The molecule has 0 aliphatic carbocycles. The first kappa shape index (κ1) is 27.8. The SMILES string of the molecule is COCOc1ccc(C#N)cc1Sc1ccc(CCC(C)(CO)NC(=O)OC(C)(C)C)c(Cl)c1. The molecule has 2 aromatic rings. The van der Waals surface area contributed by atoms with Crippen LogP contribution in [0.3, 0.4) is 0 Å². The average molecular weight is 507 g/mol. The van der Waals surface area contributed by atoms with Gasteiger partial charge in [-0.3, -0.25) is 0 Å². The number of ether oxygens (including phenoxy) is 3. The number of nitrogens with zero attached hydrogens (tertiary/aromatic N) is 1. The van der Waals surface area contributed by atoms with Crippen LogP contribution in [0.2, 0.25) is 5.02 Å². The summed E-state index contributed by atoms with van der Waals surface area (Å²) in [5.74, 6) is 0.609. The summed E-state index contributed by atoms with van der Waals surface area (Å²) in [5.41, 5.74) is -0.0721. The van der Waals surface area contributed by atoms with Crippen LogP contribution in [0.1, 0.15) is 45.2 Å². The van der Waals surface area contributed by atoms with Crippen LogP contribution in [0.4, 0.5) is 4.79 Å². The number of aliphatic hydroxyl groups is 1. The van der Waals surface area contributed by atoms with E-state index in [9.17, 15) is 15.2 Å². The van der Waals surface area contributed by atoms with E-state index >= 15 is 0 Å². The van der Waals surface area contributed by atoms with Gasteiger partial charge in [-0.2, -0.15) is 5.26 Å². The lowest BCUT2D eigenvalue weighted by atomic mass is 9.94. The third-order valence-electron chi connectivity index (χ3n) is 4.76. The number of methoxy groups -OCH3 is 1. The number of nitriles is 1. The van der Waals surface area contributed by atoms with Crippen LogP contribution >= 0.6 is 23.4 Å². The number of alkyl carbamates (subject to hydrolysis) is 1. The monoisotopic (exact) mass is 506 g/mol. The van der Waals surface area contributed by atoms with Crippen molar-refractivity contribution < 1.29 is 24.1 Å². The van der Waals surface area contributed by atoms with Crippen molar-refractivity contribution in [1.29, 1.82) is 5.26 Å². The van der Waals surface area contributed by atoms with Crippen LogP contribution in [0, 0.1) is 11.3 Å². The van der Waals surface area contributed by atoms with Gasteiger partial charge in [0.15, 0.2) is 6.79 Å². The van der Waals surface area contributed by atoms with Gasteiger partial charge in [0.25, 0.3) is 0 Å². The molecule has 0 spiro atoms. The van der Waals surface area contributed by atoms with Gasteiger partial charge >= 0.3 is 6.09 Å². The second-order valence-electron chi connectivity index (χ2n) is 9.03. The maximum atomic E-state index is 12.2. The molecule has 9 heteroatoms. The summed E-state index contributed by atoms with van der Waals surface area (Å²) in [4.78, 5) is 13.8. The van der Waals surface area contributed by atoms with E-state index < -0.39 is 17.2 Å². The fourth-order valence-corrected chi connectivity index (χ4v) is 4.28. The summed E-state index contributed by atoms with van der Waals surface area (Å²) < 4.78 is 15.9. The van der Waals surface area contributed by atoms with Gasteiger partial charge in [0, 0.05) is 17.0 Å². The molecule has 7 nitrogen and oxygen atoms in total. The number of benzene rings is 2. The number of rotatable bonds is 10. The zero-order valence-electron chi connectivity index (χ0n) is 20.1. The van der Waals surface area contributed by atoms with E-state index in [0.717, 1.165) is 15.4 Å². The third-order valence-corrected chi connectivity index (χ3v) is 6.14. The van der Waals surface area contributed by atoms with Crippen LogP contribution in [0.15, 0.2) is 46.2 Å². The lowest BCUT2D eigenvalue weighted by molar-refractivity contribution is 0.0406. The molecule has 2 aromatic carbocycles. The Bertz CT molecular complexity index is 1030. The molecule has 0 bridgehead atoms. The molecular weight excluding hydrogens is 476 g/mol. The average Bonchev–Trinajstić information content (AvgIpc) is 2.76. The minimum absolute atomic E-state index is 0.0973. The molecule has 0 heterocycles. The molecule has 2 rings (SSSR count). The van der Waals surface area contributed by atoms with Crippen LogP contribution in [0.5, 0.6) is 5.75 Å². The first-order valence-electron chi connectivity index (χ1n) is 10.7. The fraction of sp³-hybridized carbons (Fsp3) is 0.440. The van der Waals surface area contributed by atoms with Gasteiger partial charge in [-0.05, 0) is 76.4 Å². The van der Waals surface area contributed by atoms with Gasteiger partial charge in [0.2, 0.25) is 0 Å². The Kier molecular flexibility index (Phi) is 10.1. The third kappa shape index (κ3) is 8.73. The molecule has 1 amide bonds. The summed E-state index contributed by atoms with van der Waals surface area (Å²) in [5, 5.41) is 22.4. The highest BCUT2D eigenvalue weighted by atomic mass is 35.5. The van der Waals surface area contributed by atoms with Gasteiger partial charge in [-0.1, -0.05) is 29.4 Å². The molecule has 0 saturated heterocycles. The van der Waals surface area contributed by atoms with Crippen LogP contribution < -0.4 is 10.1 Å². The summed E-state index contributed by atoms with van der Waals surface area (Å²) in [6.07, 6.45) is 0.435. The van der Waals surface area contributed by atoms with Gasteiger partial charge in [0.05, 0.1) is 28.7 Å². The van der Waals surface area contributed by atoms with Crippen molar-refractivity contribution in [1.82, 2.24) is 5.32 Å². The van der Waals surface area contributed by atoms with Crippen LogP contribution in [0.25, 0.3) is 0 Å². The van der Waals surface area contributed by atoms with E-state index in [0.29, 0.717) is 29.2 Å². The van der Waals surface area contributed by atoms with E-state index in [-0.39, 0.29) is 13.4 Å². The zero-order chi connectivity index (χ0) is 25.4. The van der Waals surface area contributed by atoms with Crippen molar-refractivity contribution in [3.05, 3.63) is 52.5 Å². The molecule has 0 fully saturated rings. The van der Waals surface area contributed by atoms with E-state index in [2.05, 4.69) is 11.4 Å². The molecule has 1 atom stereocenters. The standard InChI is InChI=1S/C25H31ClN2O5S/c1-24(2,3)33-23(30)28-25(4,15-29)11-10-18-7-8-19(13-20(18)26)34-22-12-17(14-27)6-9-21(22)32-16-31-5/h6-9,12-13,29H,10-11,15-16H2,1-5H3,(H,28,30). The highest BCUT2D eigenvalue weighted by Gasteiger charge is 2.28. The van der Waals surface area contributed by atoms with Gasteiger partial charge in [-0.15, -0.1) is 0 Å². The van der Waals surface area contributed by atoms with Gasteiger partial charge < -0.3 is 24.6 Å². The predicted octanol–water partition coefficient (Wildman–Crippen LogP) is 5.55. The number of halogens is 1. The van der Waals surface area contributed by atoms with Crippen LogP contribution in [-0.4, -0.2) is 42.8 Å². The van der Waals surface area contributed by atoms with Crippen molar-refractivity contribution in [2.75, 3.05) is 20.5 Å². The summed E-state index contributed by atoms with van der Waals surface area (Å²) in [7, 11) is 1.54. The number of hydrogen-bond donors (Lipinski definition) is 2. The Morgan fingerprint density at radius 1 is 1.21 bits per heavy atom. The molecular formula is C25H31ClN2O5S.